The van der Waals surface area contributed by atoms with Crippen molar-refractivity contribution < 1.29 is 23.4 Å². The van der Waals surface area contributed by atoms with Gasteiger partial charge in [-0.05, 0) is 45.4 Å². The highest BCUT2D eigenvalue weighted by atomic mass is 32.1. The summed E-state index contributed by atoms with van der Waals surface area (Å²) in [6, 6.07) is 6.84. The summed E-state index contributed by atoms with van der Waals surface area (Å²) in [6.45, 7) is 7.64. The molecule has 0 unspecified atom stereocenters. The Labute approximate surface area is 193 Å². The van der Waals surface area contributed by atoms with Gasteiger partial charge in [0.1, 0.15) is 17.2 Å². The number of amides is 1. The minimum absolute atomic E-state index is 0.0420. The molecule has 0 saturated heterocycles. The molecule has 2 aromatic carbocycles. The number of carbonyl (C=O) groups is 1. The number of nitrogens with two attached hydrogens (primary N) is 1. The number of hydrogen-bond acceptors (Lipinski definition) is 8. The Morgan fingerprint density at radius 2 is 1.94 bits per heavy atom. The topological polar surface area (TPSA) is 109 Å². The number of carbonyl (C=O) groups excluding carboxylic acids is 1. The predicted octanol–water partition coefficient (Wildman–Crippen LogP) is 5.00. The van der Waals surface area contributed by atoms with E-state index in [9.17, 15) is 9.18 Å². The van der Waals surface area contributed by atoms with E-state index in [4.69, 9.17) is 19.9 Å². The van der Waals surface area contributed by atoms with E-state index in [1.807, 2.05) is 26.0 Å². The zero-order chi connectivity index (χ0) is 23.7. The van der Waals surface area contributed by atoms with Crippen molar-refractivity contribution in [1.29, 1.82) is 0 Å². The molecular weight excluding hydrogens is 447 g/mol. The van der Waals surface area contributed by atoms with Gasteiger partial charge in [0.05, 0.1) is 34.1 Å². The number of hydrogen-bond donors (Lipinski definition) is 1. The zero-order valence-electron chi connectivity index (χ0n) is 18.6. The summed E-state index contributed by atoms with van der Waals surface area (Å²) in [6.07, 6.45) is -0.580. The van der Waals surface area contributed by atoms with Crippen LogP contribution in [-0.4, -0.2) is 39.9 Å². The van der Waals surface area contributed by atoms with Crippen molar-refractivity contribution in [2.24, 2.45) is 5.73 Å². The quantitative estimate of drug-likeness (QED) is 0.405. The molecule has 0 bridgehead atoms. The molecule has 8 nitrogen and oxygen atoms in total. The average molecular weight is 471 g/mol. The maximum Gasteiger partial charge on any atom is 0.404 e. The lowest BCUT2D eigenvalue weighted by Crippen LogP contribution is -2.33. The van der Waals surface area contributed by atoms with Gasteiger partial charge in [-0.15, -0.1) is 11.3 Å². The molecule has 2 N–H and O–H groups in total. The van der Waals surface area contributed by atoms with Crippen LogP contribution in [0.1, 0.15) is 26.3 Å². The van der Waals surface area contributed by atoms with Gasteiger partial charge in [0.25, 0.3) is 0 Å². The number of benzene rings is 2. The zero-order valence-corrected chi connectivity index (χ0v) is 19.4. The SMILES string of the molecule is CCOc1cnc2c(-c3nc4cc(F)c(O[C@@H](C)[C@@H](C)OC(N)=O)cc4s3)cc(C)cc2n1. The number of fused-ring (bicyclic) bond motifs is 2. The van der Waals surface area contributed by atoms with Gasteiger partial charge < -0.3 is 19.9 Å². The Kier molecular flexibility index (Phi) is 6.28. The smallest absolute Gasteiger partial charge is 0.404 e. The minimum atomic E-state index is -0.914. The van der Waals surface area contributed by atoms with Crippen LogP contribution in [0.5, 0.6) is 11.6 Å². The lowest BCUT2D eigenvalue weighted by atomic mass is 10.1. The van der Waals surface area contributed by atoms with Crippen LogP contribution >= 0.6 is 11.3 Å². The number of rotatable bonds is 7. The van der Waals surface area contributed by atoms with Crippen LogP contribution in [0.2, 0.25) is 0 Å². The molecule has 2 atom stereocenters. The van der Waals surface area contributed by atoms with Crippen molar-refractivity contribution in [3.05, 3.63) is 41.8 Å². The van der Waals surface area contributed by atoms with E-state index in [0.29, 0.717) is 34.0 Å². The van der Waals surface area contributed by atoms with Crippen LogP contribution in [-0.2, 0) is 4.74 Å². The van der Waals surface area contributed by atoms with Gasteiger partial charge in [-0.3, -0.25) is 0 Å². The Hall–Kier alpha value is -3.53. The van der Waals surface area contributed by atoms with E-state index in [1.54, 1.807) is 26.1 Å². The average Bonchev–Trinajstić information content (AvgIpc) is 3.15. The van der Waals surface area contributed by atoms with Crippen LogP contribution in [0, 0.1) is 12.7 Å². The van der Waals surface area contributed by atoms with Crippen molar-refractivity contribution in [3.8, 4) is 22.2 Å². The lowest BCUT2D eigenvalue weighted by Gasteiger charge is -2.21. The molecule has 2 aromatic heterocycles. The summed E-state index contributed by atoms with van der Waals surface area (Å²) in [4.78, 5) is 24.7. The number of nitrogens with zero attached hydrogens (tertiary/aromatic N) is 3. The van der Waals surface area contributed by atoms with Crippen molar-refractivity contribution in [2.45, 2.75) is 39.9 Å². The van der Waals surface area contributed by atoms with Gasteiger partial charge >= 0.3 is 6.09 Å². The molecule has 172 valence electrons. The molecule has 0 aliphatic rings. The molecule has 0 aliphatic heterocycles. The Balaban J connectivity index is 1.71. The number of ether oxygens (including phenoxy) is 3. The van der Waals surface area contributed by atoms with Crippen LogP contribution < -0.4 is 15.2 Å². The van der Waals surface area contributed by atoms with Crippen LogP contribution in [0.3, 0.4) is 0 Å². The van der Waals surface area contributed by atoms with E-state index in [-0.39, 0.29) is 5.75 Å². The van der Waals surface area contributed by atoms with E-state index in [2.05, 4.69) is 15.0 Å². The van der Waals surface area contributed by atoms with Crippen molar-refractivity contribution in [2.75, 3.05) is 6.61 Å². The Bertz CT molecular complexity index is 1340. The number of aryl methyl sites for hydroxylation is 1. The number of halogens is 1. The predicted molar refractivity (Wildman–Crippen MR) is 124 cm³/mol. The first-order valence-corrected chi connectivity index (χ1v) is 11.2. The van der Waals surface area contributed by atoms with E-state index < -0.39 is 24.1 Å². The largest absolute Gasteiger partial charge is 0.484 e. The van der Waals surface area contributed by atoms with E-state index in [1.165, 1.54) is 17.4 Å². The summed E-state index contributed by atoms with van der Waals surface area (Å²) in [5.74, 6) is -0.0635. The lowest BCUT2D eigenvalue weighted by molar-refractivity contribution is 0.0379. The normalized spacial score (nSPS) is 13.1. The van der Waals surface area contributed by atoms with Gasteiger partial charge in [0.15, 0.2) is 11.6 Å². The van der Waals surface area contributed by atoms with Gasteiger partial charge in [-0.25, -0.2) is 24.1 Å². The van der Waals surface area contributed by atoms with Gasteiger partial charge in [0.2, 0.25) is 5.88 Å². The molecule has 0 radical (unpaired) electrons. The monoisotopic (exact) mass is 470 g/mol. The molecule has 0 saturated carbocycles. The van der Waals surface area contributed by atoms with Crippen LogP contribution in [0.15, 0.2) is 30.5 Å². The van der Waals surface area contributed by atoms with Crippen LogP contribution in [0.25, 0.3) is 31.8 Å². The molecule has 2 heterocycles. The van der Waals surface area contributed by atoms with Crippen LogP contribution in [0.4, 0.5) is 9.18 Å². The minimum Gasteiger partial charge on any atom is -0.484 e. The molecular formula is C23H23FN4O4S. The van der Waals surface area contributed by atoms with Crippen molar-refractivity contribution in [3.63, 3.8) is 0 Å². The van der Waals surface area contributed by atoms with Gasteiger partial charge in [-0.2, -0.15) is 0 Å². The molecule has 10 heteroatoms. The highest BCUT2D eigenvalue weighted by molar-refractivity contribution is 7.21. The fourth-order valence-corrected chi connectivity index (χ4v) is 4.33. The third-order valence-corrected chi connectivity index (χ3v) is 6.06. The molecule has 0 spiro atoms. The molecule has 4 rings (SSSR count). The Morgan fingerprint density at radius 1 is 1.15 bits per heavy atom. The second kappa shape index (κ2) is 9.14. The fourth-order valence-electron chi connectivity index (χ4n) is 3.34. The molecule has 0 fully saturated rings. The third kappa shape index (κ3) is 4.80. The third-order valence-electron chi connectivity index (χ3n) is 5.01. The highest BCUT2D eigenvalue weighted by Crippen LogP contribution is 2.37. The molecule has 33 heavy (non-hydrogen) atoms. The van der Waals surface area contributed by atoms with E-state index >= 15 is 0 Å². The van der Waals surface area contributed by atoms with Crippen molar-refractivity contribution >= 4 is 38.7 Å². The standard InChI is InChI=1S/C23H23FN4O4S/c1-5-30-20-10-26-21-14(6-11(2)7-17(21)27-20)22-28-16-8-15(24)18(9-19(16)33-22)31-12(3)13(4)32-23(25)29/h6-10,12-13H,5H2,1-4H3,(H2,25,29)/t12-,13+/m0/s1. The second-order valence-electron chi connectivity index (χ2n) is 7.56. The first-order chi connectivity index (χ1) is 15.7. The summed E-state index contributed by atoms with van der Waals surface area (Å²) < 4.78 is 31.5. The maximum absolute atomic E-state index is 14.7. The summed E-state index contributed by atoms with van der Waals surface area (Å²) in [5.41, 5.74) is 8.73. The van der Waals surface area contributed by atoms with E-state index in [0.717, 1.165) is 15.8 Å². The summed E-state index contributed by atoms with van der Waals surface area (Å²) >= 11 is 1.40. The van der Waals surface area contributed by atoms with Gasteiger partial charge in [-0.1, -0.05) is 0 Å². The second-order valence-corrected chi connectivity index (χ2v) is 8.59. The number of primary amides is 1. The molecule has 4 aromatic rings. The highest BCUT2D eigenvalue weighted by Gasteiger charge is 2.20. The van der Waals surface area contributed by atoms with Crippen molar-refractivity contribution in [1.82, 2.24) is 15.0 Å². The first-order valence-electron chi connectivity index (χ1n) is 10.4. The fraction of sp³-hybridized carbons (Fsp3) is 0.304. The Morgan fingerprint density at radius 3 is 2.67 bits per heavy atom. The molecule has 0 aliphatic carbocycles. The van der Waals surface area contributed by atoms with Gasteiger partial charge in [0, 0.05) is 17.7 Å². The maximum atomic E-state index is 14.7. The summed E-state index contributed by atoms with van der Waals surface area (Å²) in [7, 11) is 0. The summed E-state index contributed by atoms with van der Waals surface area (Å²) in [5, 5.41) is 0.687. The number of aromatic nitrogens is 3. The first kappa shape index (κ1) is 22.7. The molecule has 1 amide bonds. The number of thiazole rings is 1.